The van der Waals surface area contributed by atoms with Gasteiger partial charge in [0.25, 0.3) is 0 Å². The quantitative estimate of drug-likeness (QED) is 0.791. The number of fused-ring (bicyclic) bond motifs is 1. The van der Waals surface area contributed by atoms with Crippen molar-refractivity contribution in [2.24, 2.45) is 10.3 Å². The van der Waals surface area contributed by atoms with E-state index in [1.807, 2.05) is 6.92 Å². The lowest BCUT2D eigenvalue weighted by Gasteiger charge is -2.30. The number of nitrogens with zero attached hydrogens (tertiary/aromatic N) is 4. The van der Waals surface area contributed by atoms with Gasteiger partial charge in [0.15, 0.2) is 5.82 Å². The molecule has 0 radical (unpaired) electrons. The number of allylic oxidation sites excluding steroid dienone is 1. The Morgan fingerprint density at radius 3 is 2.88 bits per heavy atom. The Balaban J connectivity index is 2.51. The van der Waals surface area contributed by atoms with Gasteiger partial charge >= 0.3 is 12.0 Å². The fourth-order valence-corrected chi connectivity index (χ4v) is 1.69. The number of amides is 2. The van der Waals surface area contributed by atoms with Crippen molar-refractivity contribution in [3.05, 3.63) is 23.2 Å². The van der Waals surface area contributed by atoms with E-state index in [4.69, 9.17) is 5.11 Å². The Morgan fingerprint density at radius 1 is 1.59 bits per heavy atom. The highest BCUT2D eigenvalue weighted by Crippen LogP contribution is 2.31. The lowest BCUT2D eigenvalue weighted by molar-refractivity contribution is -0.132. The largest absolute Gasteiger partial charge is 0.478 e. The number of urea groups is 1. The minimum atomic E-state index is -1.07. The smallest absolute Gasteiger partial charge is 0.351 e. The second-order valence-electron chi connectivity index (χ2n) is 3.79. The van der Waals surface area contributed by atoms with Gasteiger partial charge in [0, 0.05) is 19.7 Å². The molecular formula is C10H12N4O3. The van der Waals surface area contributed by atoms with Crippen molar-refractivity contribution in [1.82, 2.24) is 9.91 Å². The molecule has 90 valence electrons. The number of hydrogen-bond donors (Lipinski definition) is 1. The van der Waals surface area contributed by atoms with E-state index in [2.05, 4.69) is 10.3 Å². The van der Waals surface area contributed by atoms with Crippen LogP contribution in [0.25, 0.3) is 0 Å². The summed E-state index contributed by atoms with van der Waals surface area (Å²) < 4.78 is 0. The number of carbonyl (C=O) groups excluding carboxylic acids is 1. The Labute approximate surface area is 97.7 Å². The van der Waals surface area contributed by atoms with Gasteiger partial charge in [-0.15, -0.1) is 5.11 Å². The summed E-state index contributed by atoms with van der Waals surface area (Å²) in [5.41, 5.74) is 0.986. The molecule has 7 heteroatoms. The summed E-state index contributed by atoms with van der Waals surface area (Å²) in [7, 11) is 1.47. The van der Waals surface area contributed by atoms with Crippen LogP contribution in [0, 0.1) is 0 Å². The maximum atomic E-state index is 11.8. The number of aliphatic carboxylic acids is 1. The van der Waals surface area contributed by atoms with Crippen molar-refractivity contribution in [3.8, 4) is 0 Å². The molecule has 0 aromatic carbocycles. The molecule has 0 aromatic rings. The summed E-state index contributed by atoms with van der Waals surface area (Å²) in [6.45, 7) is 1.91. The topological polar surface area (TPSA) is 85.6 Å². The summed E-state index contributed by atoms with van der Waals surface area (Å²) in [5.74, 6) is -0.960. The van der Waals surface area contributed by atoms with Crippen molar-refractivity contribution >= 4 is 12.0 Å². The summed E-state index contributed by atoms with van der Waals surface area (Å²) in [6, 6.07) is -0.403. The van der Waals surface area contributed by atoms with Gasteiger partial charge in [0.1, 0.15) is 0 Å². The average molecular weight is 236 g/mol. The van der Waals surface area contributed by atoms with Crippen LogP contribution in [-0.2, 0) is 4.79 Å². The highest BCUT2D eigenvalue weighted by Gasteiger charge is 2.33. The minimum absolute atomic E-state index is 0.106. The van der Waals surface area contributed by atoms with E-state index in [0.29, 0.717) is 12.8 Å². The predicted octanol–water partition coefficient (Wildman–Crippen LogP) is 1.71. The molecule has 0 atom stereocenters. The lowest BCUT2D eigenvalue weighted by atomic mass is 10.0. The zero-order chi connectivity index (χ0) is 12.6. The highest BCUT2D eigenvalue weighted by molar-refractivity contribution is 5.90. The molecular weight excluding hydrogens is 224 g/mol. The van der Waals surface area contributed by atoms with Gasteiger partial charge in [0.05, 0.1) is 5.57 Å². The van der Waals surface area contributed by atoms with Crippen LogP contribution in [0.3, 0.4) is 0 Å². The van der Waals surface area contributed by atoms with Crippen molar-refractivity contribution in [2.45, 2.75) is 19.8 Å². The van der Waals surface area contributed by atoms with E-state index in [-0.39, 0.29) is 11.4 Å². The highest BCUT2D eigenvalue weighted by atomic mass is 16.4. The number of carbonyl (C=O) groups is 2. The molecule has 0 spiro atoms. The molecule has 0 aliphatic carbocycles. The van der Waals surface area contributed by atoms with Gasteiger partial charge < -0.3 is 5.11 Å². The lowest BCUT2D eigenvalue weighted by Crippen LogP contribution is -2.39. The van der Waals surface area contributed by atoms with E-state index in [9.17, 15) is 9.59 Å². The monoisotopic (exact) mass is 236 g/mol. The molecule has 7 nitrogen and oxygen atoms in total. The number of hydrogen-bond acceptors (Lipinski definition) is 4. The van der Waals surface area contributed by atoms with Gasteiger partial charge in [0.2, 0.25) is 0 Å². The van der Waals surface area contributed by atoms with Crippen LogP contribution in [0.5, 0.6) is 0 Å². The van der Waals surface area contributed by atoms with Crippen molar-refractivity contribution < 1.29 is 14.7 Å². The third kappa shape index (κ3) is 1.79. The fraction of sp³-hybridized carbons (Fsp3) is 0.400. The third-order valence-electron chi connectivity index (χ3n) is 2.68. The van der Waals surface area contributed by atoms with Crippen LogP contribution >= 0.6 is 0 Å². The second-order valence-corrected chi connectivity index (χ2v) is 3.79. The van der Waals surface area contributed by atoms with Gasteiger partial charge in [-0.05, 0) is 12.0 Å². The SMILES string of the molecule is CCC1=CN2C(=O)N(C)N=NC2=C(C(=O)O)C1. The predicted molar refractivity (Wildman–Crippen MR) is 57.5 cm³/mol. The first-order valence-corrected chi connectivity index (χ1v) is 5.19. The normalized spacial score (nSPS) is 19.4. The van der Waals surface area contributed by atoms with Crippen LogP contribution in [0.1, 0.15) is 19.8 Å². The second kappa shape index (κ2) is 4.00. The van der Waals surface area contributed by atoms with Gasteiger partial charge in [-0.25, -0.2) is 14.5 Å². The summed E-state index contributed by atoms with van der Waals surface area (Å²) >= 11 is 0. The Kier molecular flexibility index (Phi) is 2.66. The van der Waals surface area contributed by atoms with Gasteiger partial charge in [-0.1, -0.05) is 12.1 Å². The molecule has 0 aromatic heterocycles. The van der Waals surface area contributed by atoms with E-state index in [1.165, 1.54) is 11.9 Å². The zero-order valence-corrected chi connectivity index (χ0v) is 9.54. The van der Waals surface area contributed by atoms with Crippen molar-refractivity contribution in [3.63, 3.8) is 0 Å². The van der Waals surface area contributed by atoms with Gasteiger partial charge in [-0.3, -0.25) is 0 Å². The molecule has 2 heterocycles. The van der Waals surface area contributed by atoms with E-state index in [1.54, 1.807) is 6.20 Å². The van der Waals surface area contributed by atoms with Crippen molar-refractivity contribution in [1.29, 1.82) is 0 Å². The van der Waals surface area contributed by atoms with Crippen LogP contribution in [0.15, 0.2) is 33.5 Å². The first-order chi connectivity index (χ1) is 8.04. The number of carboxylic acids is 1. The third-order valence-corrected chi connectivity index (χ3v) is 2.68. The standard InChI is InChI=1S/C10H12N4O3/c1-3-6-4-7(9(15)16)8-11-12-13(2)10(17)14(8)5-6/h5H,3-4H2,1-2H3,(H,15,16). The molecule has 0 bridgehead atoms. The summed E-state index contributed by atoms with van der Waals surface area (Å²) in [6.07, 6.45) is 2.63. The Morgan fingerprint density at radius 2 is 2.29 bits per heavy atom. The van der Waals surface area contributed by atoms with Gasteiger partial charge in [-0.2, -0.15) is 5.01 Å². The minimum Gasteiger partial charge on any atom is -0.478 e. The van der Waals surface area contributed by atoms with E-state index in [0.717, 1.165) is 10.6 Å². The van der Waals surface area contributed by atoms with Crippen LogP contribution < -0.4 is 0 Å². The first kappa shape index (κ1) is 11.3. The van der Waals surface area contributed by atoms with Crippen LogP contribution in [0.2, 0.25) is 0 Å². The molecule has 17 heavy (non-hydrogen) atoms. The molecule has 0 unspecified atom stereocenters. The van der Waals surface area contributed by atoms with E-state index < -0.39 is 12.0 Å². The average Bonchev–Trinajstić information content (AvgIpc) is 2.32. The zero-order valence-electron chi connectivity index (χ0n) is 9.54. The molecule has 0 saturated carbocycles. The van der Waals surface area contributed by atoms with Crippen LogP contribution in [0.4, 0.5) is 4.79 Å². The first-order valence-electron chi connectivity index (χ1n) is 5.19. The molecule has 2 amide bonds. The number of carboxylic acid groups (broad SMARTS) is 1. The molecule has 2 rings (SSSR count). The molecule has 0 saturated heterocycles. The van der Waals surface area contributed by atoms with Crippen molar-refractivity contribution in [2.75, 3.05) is 7.05 Å². The summed E-state index contributed by atoms with van der Waals surface area (Å²) in [5, 5.41) is 17.5. The summed E-state index contributed by atoms with van der Waals surface area (Å²) in [4.78, 5) is 24.2. The maximum absolute atomic E-state index is 11.8. The Hall–Kier alpha value is -2.18. The maximum Gasteiger partial charge on any atom is 0.351 e. The molecule has 0 fully saturated rings. The molecule has 1 N–H and O–H groups in total. The van der Waals surface area contributed by atoms with E-state index >= 15 is 0 Å². The Bertz CT molecular complexity index is 478. The number of rotatable bonds is 2. The molecule has 2 aliphatic heterocycles. The molecule has 2 aliphatic rings. The van der Waals surface area contributed by atoms with Crippen LogP contribution in [-0.4, -0.2) is 34.1 Å². The fourth-order valence-electron chi connectivity index (χ4n) is 1.69.